The molecule has 4 rings (SSSR count). The summed E-state index contributed by atoms with van der Waals surface area (Å²) >= 11 is 0. The number of benzene rings is 1. The number of nitrogens with one attached hydrogen (secondary N) is 1. The molecule has 3 heterocycles. The highest BCUT2D eigenvalue weighted by atomic mass is 16.5. The molecule has 0 radical (unpaired) electrons. The first-order valence-electron chi connectivity index (χ1n) is 9.68. The van der Waals surface area contributed by atoms with Crippen LogP contribution in [0.2, 0.25) is 0 Å². The number of hydrogen-bond donors (Lipinski definition) is 1. The normalized spacial score (nSPS) is 15.4. The molecule has 1 saturated heterocycles. The lowest BCUT2D eigenvalue weighted by Gasteiger charge is -2.25. The van der Waals surface area contributed by atoms with Crippen molar-refractivity contribution in [3.8, 4) is 0 Å². The summed E-state index contributed by atoms with van der Waals surface area (Å²) in [5, 5.41) is 2.91. The van der Waals surface area contributed by atoms with Crippen LogP contribution in [0.15, 0.2) is 34.7 Å². The van der Waals surface area contributed by atoms with E-state index in [1.807, 2.05) is 31.3 Å². The lowest BCUT2D eigenvalue weighted by Crippen LogP contribution is -2.35. The van der Waals surface area contributed by atoms with E-state index in [0.717, 1.165) is 48.9 Å². The van der Waals surface area contributed by atoms with Crippen molar-refractivity contribution in [2.75, 3.05) is 31.6 Å². The molecule has 1 N–H and O–H groups in total. The standard InChI is InChI=1S/C21H26N4O3/c1-14(2)20-23-17-12-15(4-6-18(17)24(20)3)22-21(26)19-7-5-16(28-19)13-25-8-10-27-11-9-25/h4-7,12,14H,8-11,13H2,1-3H3,(H,22,26). The van der Waals surface area contributed by atoms with E-state index in [4.69, 9.17) is 14.1 Å². The fraction of sp³-hybridized carbons (Fsp3) is 0.429. The number of anilines is 1. The van der Waals surface area contributed by atoms with E-state index in [-0.39, 0.29) is 5.91 Å². The van der Waals surface area contributed by atoms with Crippen molar-refractivity contribution in [2.24, 2.45) is 7.05 Å². The maximum absolute atomic E-state index is 12.6. The SMILES string of the molecule is CC(C)c1nc2cc(NC(=O)c3ccc(CN4CCOCC4)o3)ccc2n1C. The molecule has 0 unspecified atom stereocenters. The van der Waals surface area contributed by atoms with Gasteiger partial charge in [-0.05, 0) is 30.3 Å². The molecule has 0 aliphatic carbocycles. The minimum Gasteiger partial charge on any atom is -0.455 e. The third-order valence-electron chi connectivity index (χ3n) is 5.06. The maximum Gasteiger partial charge on any atom is 0.291 e. The van der Waals surface area contributed by atoms with Gasteiger partial charge in [0.15, 0.2) is 5.76 Å². The van der Waals surface area contributed by atoms with Crippen LogP contribution in [0, 0.1) is 0 Å². The smallest absolute Gasteiger partial charge is 0.291 e. The number of ether oxygens (including phenoxy) is 1. The third kappa shape index (κ3) is 3.81. The monoisotopic (exact) mass is 382 g/mol. The highest BCUT2D eigenvalue weighted by molar-refractivity contribution is 6.03. The number of fused-ring (bicyclic) bond motifs is 1. The van der Waals surface area contributed by atoms with Crippen LogP contribution in [0.5, 0.6) is 0 Å². The van der Waals surface area contributed by atoms with Crippen molar-refractivity contribution < 1.29 is 13.9 Å². The Morgan fingerprint density at radius 2 is 2.00 bits per heavy atom. The van der Waals surface area contributed by atoms with Crippen molar-refractivity contribution in [1.29, 1.82) is 0 Å². The molecule has 2 aromatic heterocycles. The van der Waals surface area contributed by atoms with Crippen molar-refractivity contribution >= 4 is 22.6 Å². The Morgan fingerprint density at radius 3 is 2.75 bits per heavy atom. The van der Waals surface area contributed by atoms with E-state index in [2.05, 4.69) is 28.6 Å². The zero-order valence-electron chi connectivity index (χ0n) is 16.6. The Balaban J connectivity index is 1.46. The van der Waals surface area contributed by atoms with Crippen LogP contribution in [0.4, 0.5) is 5.69 Å². The van der Waals surface area contributed by atoms with Gasteiger partial charge in [-0.1, -0.05) is 13.8 Å². The Bertz CT molecular complexity index is 983. The second-order valence-electron chi connectivity index (χ2n) is 7.50. The summed E-state index contributed by atoms with van der Waals surface area (Å²) in [6, 6.07) is 9.36. The van der Waals surface area contributed by atoms with Crippen LogP contribution < -0.4 is 5.32 Å². The van der Waals surface area contributed by atoms with Gasteiger partial charge >= 0.3 is 0 Å². The highest BCUT2D eigenvalue weighted by Crippen LogP contribution is 2.24. The zero-order valence-corrected chi connectivity index (χ0v) is 16.6. The van der Waals surface area contributed by atoms with Crippen LogP contribution in [0.3, 0.4) is 0 Å². The van der Waals surface area contributed by atoms with E-state index in [9.17, 15) is 4.79 Å². The fourth-order valence-corrected chi connectivity index (χ4v) is 3.57. The molecule has 148 valence electrons. The summed E-state index contributed by atoms with van der Waals surface area (Å²) in [4.78, 5) is 19.5. The lowest BCUT2D eigenvalue weighted by molar-refractivity contribution is 0.0312. The first kappa shape index (κ1) is 18.7. The summed E-state index contributed by atoms with van der Waals surface area (Å²) in [5.41, 5.74) is 2.63. The predicted octanol–water partition coefficient (Wildman–Crippen LogP) is 3.37. The van der Waals surface area contributed by atoms with Gasteiger partial charge in [-0.2, -0.15) is 0 Å². The predicted molar refractivity (Wildman–Crippen MR) is 108 cm³/mol. The molecule has 7 heteroatoms. The molecule has 1 aromatic carbocycles. The van der Waals surface area contributed by atoms with E-state index in [1.165, 1.54) is 0 Å². The molecule has 1 aliphatic rings. The number of morpholine rings is 1. The van der Waals surface area contributed by atoms with Crippen LogP contribution in [0.1, 0.15) is 41.9 Å². The van der Waals surface area contributed by atoms with Gasteiger partial charge in [0.2, 0.25) is 0 Å². The third-order valence-corrected chi connectivity index (χ3v) is 5.06. The van der Waals surface area contributed by atoms with Gasteiger partial charge in [-0.3, -0.25) is 9.69 Å². The summed E-state index contributed by atoms with van der Waals surface area (Å²) in [7, 11) is 2.02. The summed E-state index contributed by atoms with van der Waals surface area (Å²) < 4.78 is 13.2. The lowest BCUT2D eigenvalue weighted by atomic mass is 10.2. The summed E-state index contributed by atoms with van der Waals surface area (Å²) in [6.45, 7) is 8.17. The Hall–Kier alpha value is -2.64. The second-order valence-corrected chi connectivity index (χ2v) is 7.50. The number of imidazole rings is 1. The van der Waals surface area contributed by atoms with Crippen LogP contribution >= 0.6 is 0 Å². The number of carbonyl (C=O) groups excluding carboxylic acids is 1. The molecule has 28 heavy (non-hydrogen) atoms. The first-order chi connectivity index (χ1) is 13.5. The quantitative estimate of drug-likeness (QED) is 0.732. The molecule has 0 spiro atoms. The molecule has 0 saturated carbocycles. The second kappa shape index (κ2) is 7.77. The summed E-state index contributed by atoms with van der Waals surface area (Å²) in [6.07, 6.45) is 0. The average Bonchev–Trinajstić information content (AvgIpc) is 3.27. The molecule has 0 bridgehead atoms. The van der Waals surface area contributed by atoms with E-state index >= 15 is 0 Å². The average molecular weight is 382 g/mol. The molecule has 1 aliphatic heterocycles. The molecular formula is C21H26N4O3. The number of aromatic nitrogens is 2. The topological polar surface area (TPSA) is 72.5 Å². The van der Waals surface area contributed by atoms with Crippen LogP contribution in [-0.4, -0.2) is 46.7 Å². The number of nitrogens with zero attached hydrogens (tertiary/aromatic N) is 3. The molecular weight excluding hydrogens is 356 g/mol. The molecule has 0 atom stereocenters. The first-order valence-corrected chi connectivity index (χ1v) is 9.68. The summed E-state index contributed by atoms with van der Waals surface area (Å²) in [5.74, 6) is 2.20. The fourth-order valence-electron chi connectivity index (χ4n) is 3.57. The van der Waals surface area contributed by atoms with E-state index < -0.39 is 0 Å². The number of amides is 1. The van der Waals surface area contributed by atoms with Gasteiger partial charge in [0.1, 0.15) is 11.6 Å². The van der Waals surface area contributed by atoms with Crippen molar-refractivity contribution in [1.82, 2.24) is 14.5 Å². The van der Waals surface area contributed by atoms with E-state index in [0.29, 0.717) is 23.9 Å². The number of carbonyl (C=O) groups is 1. The van der Waals surface area contributed by atoms with E-state index in [1.54, 1.807) is 6.07 Å². The van der Waals surface area contributed by atoms with Gasteiger partial charge in [0.05, 0.1) is 30.8 Å². The number of aryl methyl sites for hydroxylation is 1. The van der Waals surface area contributed by atoms with Crippen LogP contribution in [-0.2, 0) is 18.3 Å². The van der Waals surface area contributed by atoms with Crippen molar-refractivity contribution in [2.45, 2.75) is 26.3 Å². The Kier molecular flexibility index (Phi) is 5.19. The molecule has 3 aromatic rings. The number of furan rings is 1. The largest absolute Gasteiger partial charge is 0.455 e. The van der Waals surface area contributed by atoms with Crippen LogP contribution in [0.25, 0.3) is 11.0 Å². The minimum absolute atomic E-state index is 0.257. The van der Waals surface area contributed by atoms with Gasteiger partial charge in [-0.15, -0.1) is 0 Å². The van der Waals surface area contributed by atoms with Gasteiger partial charge in [-0.25, -0.2) is 4.98 Å². The van der Waals surface area contributed by atoms with Crippen molar-refractivity contribution in [3.05, 3.63) is 47.7 Å². The van der Waals surface area contributed by atoms with Gasteiger partial charge in [0.25, 0.3) is 5.91 Å². The number of rotatable bonds is 5. The maximum atomic E-state index is 12.6. The Labute approximate surface area is 164 Å². The Morgan fingerprint density at radius 1 is 1.21 bits per heavy atom. The zero-order chi connectivity index (χ0) is 19.7. The molecule has 7 nitrogen and oxygen atoms in total. The van der Waals surface area contributed by atoms with Gasteiger partial charge < -0.3 is 19.0 Å². The minimum atomic E-state index is -0.257. The molecule has 1 amide bonds. The molecule has 1 fully saturated rings. The number of hydrogen-bond acceptors (Lipinski definition) is 5. The highest BCUT2D eigenvalue weighted by Gasteiger charge is 2.17. The van der Waals surface area contributed by atoms with Gasteiger partial charge in [0, 0.05) is 31.7 Å². The van der Waals surface area contributed by atoms with Crippen molar-refractivity contribution in [3.63, 3.8) is 0 Å².